The van der Waals surface area contributed by atoms with Crippen molar-refractivity contribution in [1.82, 2.24) is 9.55 Å². The molecule has 1 aliphatic heterocycles. The zero-order valence-electron chi connectivity index (χ0n) is 15.7. The first-order valence-electron chi connectivity index (χ1n) is 9.43. The van der Waals surface area contributed by atoms with Gasteiger partial charge in [-0.25, -0.2) is 4.98 Å². The summed E-state index contributed by atoms with van der Waals surface area (Å²) in [7, 11) is 0. The van der Waals surface area contributed by atoms with Crippen molar-refractivity contribution in [3.63, 3.8) is 0 Å². The maximum absolute atomic E-state index is 12.5. The van der Waals surface area contributed by atoms with E-state index < -0.39 is 0 Å². The monoisotopic (exact) mass is 388 g/mol. The van der Waals surface area contributed by atoms with Crippen molar-refractivity contribution in [1.29, 1.82) is 0 Å². The fourth-order valence-corrected chi connectivity index (χ4v) is 3.31. The zero-order chi connectivity index (χ0) is 20.2. The Morgan fingerprint density at radius 2 is 2.00 bits per heavy atom. The largest absolute Gasteiger partial charge is 0.326 e. The van der Waals surface area contributed by atoms with Crippen LogP contribution in [0.3, 0.4) is 0 Å². The Labute approximate surface area is 167 Å². The molecular weight excluding hydrogens is 368 g/mol. The molecule has 0 saturated heterocycles. The van der Waals surface area contributed by atoms with Gasteiger partial charge in [-0.3, -0.25) is 14.4 Å². The van der Waals surface area contributed by atoms with Crippen molar-refractivity contribution in [2.75, 3.05) is 10.6 Å². The van der Waals surface area contributed by atoms with Gasteiger partial charge in [0, 0.05) is 54.3 Å². The maximum Gasteiger partial charge on any atom is 0.224 e. The molecule has 0 fully saturated rings. The highest BCUT2D eigenvalue weighted by atomic mass is 16.2. The summed E-state index contributed by atoms with van der Waals surface area (Å²) in [6, 6.07) is 12.7. The predicted molar refractivity (Wildman–Crippen MR) is 109 cm³/mol. The van der Waals surface area contributed by atoms with Crippen molar-refractivity contribution >= 4 is 29.0 Å². The molecular formula is C22H20N4O3. The van der Waals surface area contributed by atoms with Crippen LogP contribution in [0.5, 0.6) is 0 Å². The lowest BCUT2D eigenvalue weighted by Crippen LogP contribution is -2.19. The third-order valence-electron chi connectivity index (χ3n) is 4.83. The van der Waals surface area contributed by atoms with Crippen LogP contribution in [0.15, 0.2) is 61.2 Å². The molecule has 2 N–H and O–H groups in total. The fourth-order valence-electron chi connectivity index (χ4n) is 3.31. The number of hydrogen-bond donors (Lipinski definition) is 2. The number of nitrogens with one attached hydrogen (secondary N) is 2. The first-order chi connectivity index (χ1) is 14.1. The topological polar surface area (TPSA) is 93.1 Å². The van der Waals surface area contributed by atoms with E-state index in [9.17, 15) is 14.4 Å². The quantitative estimate of drug-likeness (QED) is 0.633. The molecule has 1 aromatic heterocycles. The second-order valence-corrected chi connectivity index (χ2v) is 6.91. The van der Waals surface area contributed by atoms with Crippen LogP contribution >= 0.6 is 0 Å². The van der Waals surface area contributed by atoms with Crippen molar-refractivity contribution in [3.05, 3.63) is 72.3 Å². The Kier molecular flexibility index (Phi) is 5.20. The summed E-state index contributed by atoms with van der Waals surface area (Å²) in [4.78, 5) is 40.2. The average molecular weight is 388 g/mol. The third-order valence-corrected chi connectivity index (χ3v) is 4.83. The molecule has 0 aliphatic carbocycles. The number of carbonyl (C=O) groups is 3. The van der Waals surface area contributed by atoms with E-state index in [1.54, 1.807) is 30.7 Å². The summed E-state index contributed by atoms with van der Waals surface area (Å²) in [5, 5.41) is 5.63. The van der Waals surface area contributed by atoms with Crippen LogP contribution in [0.2, 0.25) is 0 Å². The van der Waals surface area contributed by atoms with Crippen LogP contribution < -0.4 is 10.6 Å². The summed E-state index contributed by atoms with van der Waals surface area (Å²) >= 11 is 0. The number of benzene rings is 2. The Bertz CT molecular complexity index is 1070. The molecule has 0 saturated carbocycles. The second-order valence-electron chi connectivity index (χ2n) is 6.91. The lowest BCUT2D eigenvalue weighted by Gasteiger charge is -2.17. The summed E-state index contributed by atoms with van der Waals surface area (Å²) in [6.45, 7) is 0. The smallest absolute Gasteiger partial charge is 0.224 e. The first-order valence-corrected chi connectivity index (χ1v) is 9.43. The van der Waals surface area contributed by atoms with Crippen molar-refractivity contribution < 1.29 is 14.4 Å². The minimum absolute atomic E-state index is 0.00893. The molecule has 4 rings (SSSR count). The zero-order valence-corrected chi connectivity index (χ0v) is 15.7. The fraction of sp³-hybridized carbons (Fsp3) is 0.182. The van der Waals surface area contributed by atoms with Crippen LogP contribution in [0, 0.1) is 0 Å². The molecule has 7 heteroatoms. The Morgan fingerprint density at radius 3 is 2.83 bits per heavy atom. The summed E-state index contributed by atoms with van der Waals surface area (Å²) < 4.78 is 1.84. The maximum atomic E-state index is 12.5. The van der Waals surface area contributed by atoms with Crippen LogP contribution in [0.4, 0.5) is 11.4 Å². The van der Waals surface area contributed by atoms with E-state index in [0.717, 1.165) is 16.9 Å². The van der Waals surface area contributed by atoms with Crippen LogP contribution in [0.25, 0.3) is 5.69 Å². The van der Waals surface area contributed by atoms with Gasteiger partial charge in [0.15, 0.2) is 5.78 Å². The predicted octanol–water partition coefficient (Wildman–Crippen LogP) is 3.36. The Hall–Kier alpha value is -3.74. The van der Waals surface area contributed by atoms with E-state index in [-0.39, 0.29) is 30.4 Å². The Balaban J connectivity index is 1.35. The standard InChI is InChI=1S/C22H20N4O3/c27-20(16-4-6-19-15(12-16)5-8-22(29)25-19)7-9-21(28)24-17-2-1-3-18(13-17)26-11-10-23-14-26/h1-4,6,10-14H,5,7-9H2,(H,24,28)(H,25,29). The molecule has 2 amide bonds. The molecule has 0 bridgehead atoms. The minimum Gasteiger partial charge on any atom is -0.326 e. The number of nitrogens with zero attached hydrogens (tertiary/aromatic N) is 2. The molecule has 7 nitrogen and oxygen atoms in total. The molecule has 0 radical (unpaired) electrons. The van der Waals surface area contributed by atoms with Gasteiger partial charge in [-0.05, 0) is 48.4 Å². The molecule has 0 atom stereocenters. The Morgan fingerprint density at radius 1 is 1.10 bits per heavy atom. The van der Waals surface area contributed by atoms with Gasteiger partial charge in [0.1, 0.15) is 0 Å². The average Bonchev–Trinajstić information content (AvgIpc) is 3.27. The number of anilines is 2. The van der Waals surface area contributed by atoms with Gasteiger partial charge >= 0.3 is 0 Å². The molecule has 2 heterocycles. The molecule has 0 spiro atoms. The highest BCUT2D eigenvalue weighted by molar-refractivity contribution is 6.01. The summed E-state index contributed by atoms with van der Waals surface area (Å²) in [5.74, 6) is -0.316. The SMILES string of the molecule is O=C(CCC(=O)c1ccc2c(c1)CCC(=O)N2)Nc1cccc(-n2ccnc2)c1. The van der Waals surface area contributed by atoms with E-state index in [1.165, 1.54) is 0 Å². The van der Waals surface area contributed by atoms with Crippen molar-refractivity contribution in [3.8, 4) is 5.69 Å². The molecule has 1 aliphatic rings. The van der Waals surface area contributed by atoms with Crippen LogP contribution in [0.1, 0.15) is 35.2 Å². The van der Waals surface area contributed by atoms with Gasteiger partial charge in [-0.2, -0.15) is 0 Å². The van der Waals surface area contributed by atoms with Gasteiger partial charge in [-0.1, -0.05) is 6.07 Å². The second kappa shape index (κ2) is 8.10. The van der Waals surface area contributed by atoms with E-state index >= 15 is 0 Å². The summed E-state index contributed by atoms with van der Waals surface area (Å²) in [5.41, 5.74) is 3.83. The number of Topliss-reactive ketones (excluding diaryl/α,β-unsaturated/α-hetero) is 1. The number of ketones is 1. The van der Waals surface area contributed by atoms with E-state index in [4.69, 9.17) is 0 Å². The first kappa shape index (κ1) is 18.6. The molecule has 146 valence electrons. The van der Waals surface area contributed by atoms with E-state index in [1.807, 2.05) is 35.0 Å². The van der Waals surface area contributed by atoms with Gasteiger partial charge < -0.3 is 15.2 Å². The number of aryl methyl sites for hydroxylation is 1. The van der Waals surface area contributed by atoms with Gasteiger partial charge in [0.25, 0.3) is 0 Å². The van der Waals surface area contributed by atoms with E-state index in [2.05, 4.69) is 15.6 Å². The van der Waals surface area contributed by atoms with Gasteiger partial charge in [0.05, 0.1) is 6.33 Å². The lowest BCUT2D eigenvalue weighted by atomic mass is 9.97. The van der Waals surface area contributed by atoms with Crippen molar-refractivity contribution in [2.45, 2.75) is 25.7 Å². The number of fused-ring (bicyclic) bond motifs is 1. The minimum atomic E-state index is -0.216. The molecule has 0 unspecified atom stereocenters. The number of imidazole rings is 1. The number of aromatic nitrogens is 2. The number of carbonyl (C=O) groups excluding carboxylic acids is 3. The lowest BCUT2D eigenvalue weighted by molar-refractivity contribution is -0.117. The molecule has 2 aromatic carbocycles. The van der Waals surface area contributed by atoms with Gasteiger partial charge in [-0.15, -0.1) is 0 Å². The highest BCUT2D eigenvalue weighted by Gasteiger charge is 2.17. The highest BCUT2D eigenvalue weighted by Crippen LogP contribution is 2.24. The van der Waals surface area contributed by atoms with E-state index in [0.29, 0.717) is 24.1 Å². The third kappa shape index (κ3) is 4.40. The number of rotatable bonds is 6. The number of hydrogen-bond acceptors (Lipinski definition) is 4. The molecule has 3 aromatic rings. The van der Waals surface area contributed by atoms with Crippen LogP contribution in [-0.2, 0) is 16.0 Å². The van der Waals surface area contributed by atoms with Crippen molar-refractivity contribution in [2.24, 2.45) is 0 Å². The van der Waals surface area contributed by atoms with Crippen LogP contribution in [-0.4, -0.2) is 27.1 Å². The molecule has 29 heavy (non-hydrogen) atoms. The summed E-state index contributed by atoms with van der Waals surface area (Å²) in [6.07, 6.45) is 6.46. The number of amides is 2. The normalized spacial score (nSPS) is 12.8. The van der Waals surface area contributed by atoms with Gasteiger partial charge in [0.2, 0.25) is 11.8 Å².